The first-order valence-corrected chi connectivity index (χ1v) is 9.78. The van der Waals surface area contributed by atoms with Crippen molar-refractivity contribution in [2.24, 2.45) is 11.1 Å². The maximum absolute atomic E-state index is 12.1. The Balaban J connectivity index is 2.71. The number of nitrogens with one attached hydrogen (secondary N) is 1. The number of sulfonamides is 2. The van der Waals surface area contributed by atoms with Crippen molar-refractivity contribution in [2.75, 3.05) is 6.54 Å². The molecule has 8 heteroatoms. The van der Waals surface area contributed by atoms with E-state index in [1.165, 1.54) is 18.2 Å². The first-order chi connectivity index (χ1) is 9.63. The van der Waals surface area contributed by atoms with E-state index < -0.39 is 20.0 Å². The fourth-order valence-electron chi connectivity index (χ4n) is 1.79. The van der Waals surface area contributed by atoms with Gasteiger partial charge in [0.05, 0.1) is 9.79 Å². The van der Waals surface area contributed by atoms with Gasteiger partial charge in [-0.25, -0.2) is 26.7 Å². The molecule has 1 aromatic carbocycles. The zero-order valence-corrected chi connectivity index (χ0v) is 13.9. The molecular formula is C13H22N2O4S2. The van der Waals surface area contributed by atoms with Crippen LogP contribution in [0.4, 0.5) is 0 Å². The highest BCUT2D eigenvalue weighted by atomic mass is 32.2. The molecule has 0 bridgehead atoms. The van der Waals surface area contributed by atoms with E-state index in [1.54, 1.807) is 0 Å². The maximum atomic E-state index is 12.1. The van der Waals surface area contributed by atoms with Gasteiger partial charge in [-0.1, -0.05) is 32.8 Å². The van der Waals surface area contributed by atoms with E-state index in [0.717, 1.165) is 25.3 Å². The lowest BCUT2D eigenvalue weighted by atomic mass is 10.1. The Morgan fingerprint density at radius 1 is 1.10 bits per heavy atom. The molecule has 0 saturated carbocycles. The van der Waals surface area contributed by atoms with E-state index in [1.807, 2.05) is 0 Å². The summed E-state index contributed by atoms with van der Waals surface area (Å²) in [6.07, 6.45) is 2.73. The summed E-state index contributed by atoms with van der Waals surface area (Å²) in [5.74, 6) is 0.591. The highest BCUT2D eigenvalue weighted by Crippen LogP contribution is 2.14. The van der Waals surface area contributed by atoms with Crippen molar-refractivity contribution in [3.05, 3.63) is 24.3 Å². The van der Waals surface area contributed by atoms with Gasteiger partial charge in [-0.05, 0) is 30.5 Å². The Labute approximate surface area is 126 Å². The molecule has 120 valence electrons. The van der Waals surface area contributed by atoms with Crippen molar-refractivity contribution in [1.82, 2.24) is 4.72 Å². The van der Waals surface area contributed by atoms with Gasteiger partial charge >= 0.3 is 0 Å². The van der Waals surface area contributed by atoms with Crippen LogP contribution in [0.25, 0.3) is 0 Å². The quantitative estimate of drug-likeness (QED) is 0.701. The molecule has 0 amide bonds. The Morgan fingerprint density at radius 3 is 2.29 bits per heavy atom. The molecule has 0 heterocycles. The van der Waals surface area contributed by atoms with Crippen LogP contribution >= 0.6 is 0 Å². The smallest absolute Gasteiger partial charge is 0.225 e. The van der Waals surface area contributed by atoms with E-state index in [0.29, 0.717) is 12.5 Å². The van der Waals surface area contributed by atoms with Crippen LogP contribution in [0.3, 0.4) is 0 Å². The van der Waals surface area contributed by atoms with Gasteiger partial charge in [0.2, 0.25) is 20.0 Å². The molecule has 0 atom stereocenters. The second-order valence-electron chi connectivity index (χ2n) is 5.31. The average Bonchev–Trinajstić information content (AvgIpc) is 2.37. The molecule has 0 aliphatic carbocycles. The van der Waals surface area contributed by atoms with Crippen LogP contribution in [-0.4, -0.2) is 23.4 Å². The Morgan fingerprint density at radius 2 is 1.71 bits per heavy atom. The molecule has 0 aromatic heterocycles. The summed E-state index contributed by atoms with van der Waals surface area (Å²) < 4.78 is 49.1. The number of unbranched alkanes of at least 4 members (excludes halogenated alkanes) is 1. The highest BCUT2D eigenvalue weighted by molar-refractivity contribution is 7.90. The molecule has 6 nitrogen and oxygen atoms in total. The first-order valence-electron chi connectivity index (χ1n) is 6.75. The molecule has 0 aliphatic heterocycles. The monoisotopic (exact) mass is 334 g/mol. The van der Waals surface area contributed by atoms with Gasteiger partial charge in [-0.3, -0.25) is 0 Å². The van der Waals surface area contributed by atoms with Crippen molar-refractivity contribution in [1.29, 1.82) is 0 Å². The third-order valence-electron chi connectivity index (χ3n) is 2.94. The molecule has 1 aromatic rings. The summed E-state index contributed by atoms with van der Waals surface area (Å²) in [5, 5.41) is 4.99. The van der Waals surface area contributed by atoms with Gasteiger partial charge in [-0.15, -0.1) is 0 Å². The van der Waals surface area contributed by atoms with Crippen LogP contribution in [-0.2, 0) is 20.0 Å². The maximum Gasteiger partial charge on any atom is 0.240 e. The van der Waals surface area contributed by atoms with Crippen molar-refractivity contribution in [3.63, 3.8) is 0 Å². The molecule has 0 unspecified atom stereocenters. The predicted molar refractivity (Wildman–Crippen MR) is 81.7 cm³/mol. The summed E-state index contributed by atoms with van der Waals surface area (Å²) >= 11 is 0. The molecule has 1 rings (SSSR count). The summed E-state index contributed by atoms with van der Waals surface area (Å²) in [4.78, 5) is -0.317. The highest BCUT2D eigenvalue weighted by Gasteiger charge is 2.16. The van der Waals surface area contributed by atoms with Gasteiger partial charge in [0, 0.05) is 6.54 Å². The topological polar surface area (TPSA) is 106 Å². The van der Waals surface area contributed by atoms with E-state index in [-0.39, 0.29) is 9.79 Å². The van der Waals surface area contributed by atoms with Gasteiger partial charge < -0.3 is 0 Å². The second kappa shape index (κ2) is 7.35. The number of rotatable bonds is 8. The van der Waals surface area contributed by atoms with Crippen LogP contribution in [0, 0.1) is 5.92 Å². The number of hydrogen-bond donors (Lipinski definition) is 2. The Kier molecular flexibility index (Phi) is 6.33. The molecular weight excluding hydrogens is 312 g/mol. The lowest BCUT2D eigenvalue weighted by Gasteiger charge is -2.08. The van der Waals surface area contributed by atoms with Crippen molar-refractivity contribution in [2.45, 2.75) is 42.9 Å². The van der Waals surface area contributed by atoms with Gasteiger partial charge in [0.15, 0.2) is 0 Å². The fourth-order valence-corrected chi connectivity index (χ4v) is 3.54. The summed E-state index contributed by atoms with van der Waals surface area (Å²) in [6, 6.07) is 5.01. The summed E-state index contributed by atoms with van der Waals surface area (Å²) in [5.41, 5.74) is 0. The lowest BCUT2D eigenvalue weighted by molar-refractivity contribution is 0.530. The van der Waals surface area contributed by atoms with Crippen LogP contribution in [0.1, 0.15) is 33.1 Å². The summed E-state index contributed by atoms with van der Waals surface area (Å²) in [7, 11) is -7.63. The van der Waals surface area contributed by atoms with Crippen LogP contribution in [0.5, 0.6) is 0 Å². The third kappa shape index (κ3) is 6.13. The van der Waals surface area contributed by atoms with Crippen molar-refractivity contribution < 1.29 is 16.8 Å². The molecule has 0 spiro atoms. The predicted octanol–water partition coefficient (Wildman–Crippen LogP) is 1.44. The molecule has 0 radical (unpaired) electrons. The standard InChI is InChI=1S/C13H22N2O4S2/c1-11(2)6-3-4-9-15-21(18,19)13-8-5-7-12(10-13)20(14,16)17/h5,7-8,10-11,15H,3-4,6,9H2,1-2H3,(H2,14,16,17). The molecule has 0 aliphatic rings. The third-order valence-corrected chi connectivity index (χ3v) is 5.31. The summed E-state index contributed by atoms with van der Waals surface area (Å²) in [6.45, 7) is 4.56. The van der Waals surface area contributed by atoms with Crippen LogP contribution < -0.4 is 9.86 Å². The number of nitrogens with two attached hydrogens (primary N) is 1. The first kappa shape index (κ1) is 18.1. The SMILES string of the molecule is CC(C)CCCCNS(=O)(=O)c1cccc(S(N)(=O)=O)c1. The minimum Gasteiger partial charge on any atom is -0.225 e. The van der Waals surface area contributed by atoms with Gasteiger partial charge in [0.1, 0.15) is 0 Å². The zero-order valence-electron chi connectivity index (χ0n) is 12.2. The Hall–Kier alpha value is -0.960. The number of hydrogen-bond acceptors (Lipinski definition) is 4. The van der Waals surface area contributed by atoms with Crippen LogP contribution in [0.15, 0.2) is 34.1 Å². The largest absolute Gasteiger partial charge is 0.240 e. The Bertz CT molecular complexity index is 667. The normalized spacial score (nSPS) is 12.8. The van der Waals surface area contributed by atoms with E-state index in [4.69, 9.17) is 5.14 Å². The number of primary sulfonamides is 1. The lowest BCUT2D eigenvalue weighted by Crippen LogP contribution is -2.25. The minimum absolute atomic E-state index is 0.0992. The van der Waals surface area contributed by atoms with Crippen molar-refractivity contribution in [3.8, 4) is 0 Å². The average molecular weight is 334 g/mol. The molecule has 0 fully saturated rings. The minimum atomic E-state index is -3.92. The van der Waals surface area contributed by atoms with Gasteiger partial charge in [-0.2, -0.15) is 0 Å². The van der Waals surface area contributed by atoms with E-state index >= 15 is 0 Å². The van der Waals surface area contributed by atoms with Crippen LogP contribution in [0.2, 0.25) is 0 Å². The second-order valence-corrected chi connectivity index (χ2v) is 8.64. The fraction of sp³-hybridized carbons (Fsp3) is 0.538. The molecule has 21 heavy (non-hydrogen) atoms. The van der Waals surface area contributed by atoms with Gasteiger partial charge in [0.25, 0.3) is 0 Å². The van der Waals surface area contributed by atoms with E-state index in [9.17, 15) is 16.8 Å². The zero-order chi connectivity index (χ0) is 16.1. The van der Waals surface area contributed by atoms with Crippen molar-refractivity contribution >= 4 is 20.0 Å². The number of benzene rings is 1. The molecule has 0 saturated heterocycles. The van der Waals surface area contributed by atoms with E-state index in [2.05, 4.69) is 18.6 Å². The molecule has 3 N–H and O–H groups in total.